The predicted molar refractivity (Wildman–Crippen MR) is 93.7 cm³/mol. The van der Waals surface area contributed by atoms with Gasteiger partial charge in [0.1, 0.15) is 18.3 Å². The standard InChI is InChI=1S/C9H15N2O14P3S/c12-5-1-2-11(9(15)10-5)8-7(14)6(13)4(23-8)3-22-28(21,29)25-27(19,20)24-26(16,17)18/h1-2,4,6-8,13-14H,3H2,(H,19,20)(H,21,29)(H,10,12,15)(H2,16,17,18)/t4-,6+,7?,8-,28?/m1/s1. The fourth-order valence-electron chi connectivity index (χ4n) is 2.20. The number of H-pyrrole nitrogens is 1. The van der Waals surface area contributed by atoms with Crippen molar-refractivity contribution in [2.45, 2.75) is 24.5 Å². The van der Waals surface area contributed by atoms with Crippen LogP contribution in [0.1, 0.15) is 6.23 Å². The molecule has 0 bridgehead atoms. The molecule has 2 rings (SSSR count). The zero-order chi connectivity index (χ0) is 22.2. The van der Waals surface area contributed by atoms with E-state index < -0.39 is 64.8 Å². The van der Waals surface area contributed by atoms with E-state index in [-0.39, 0.29) is 0 Å². The van der Waals surface area contributed by atoms with Crippen LogP contribution in [0.4, 0.5) is 0 Å². The lowest BCUT2D eigenvalue weighted by Gasteiger charge is -2.21. The van der Waals surface area contributed by atoms with Crippen LogP contribution in [0.2, 0.25) is 0 Å². The highest BCUT2D eigenvalue weighted by Gasteiger charge is 2.45. The summed E-state index contributed by atoms with van der Waals surface area (Å²) in [5, 5.41) is 20.0. The van der Waals surface area contributed by atoms with Crippen molar-refractivity contribution in [1.82, 2.24) is 9.55 Å². The van der Waals surface area contributed by atoms with E-state index in [0.29, 0.717) is 0 Å². The monoisotopic (exact) mass is 500 g/mol. The topological polar surface area (TPSA) is 247 Å². The fourth-order valence-corrected chi connectivity index (χ4v) is 6.17. The lowest BCUT2D eigenvalue weighted by atomic mass is 10.1. The number of hydrogen-bond acceptors (Lipinski definition) is 11. The van der Waals surface area contributed by atoms with Gasteiger partial charge in [-0.15, -0.1) is 0 Å². The molecule has 1 aliphatic heterocycles. The van der Waals surface area contributed by atoms with Crippen molar-refractivity contribution in [3.8, 4) is 0 Å². The van der Waals surface area contributed by atoms with E-state index in [2.05, 4.69) is 25.0 Å². The van der Waals surface area contributed by atoms with Crippen LogP contribution in [0, 0.1) is 0 Å². The number of nitrogens with one attached hydrogen (secondary N) is 1. The summed E-state index contributed by atoms with van der Waals surface area (Å²) < 4.78 is 40.1. The molecule has 6 atom stereocenters. The Balaban J connectivity index is 2.06. The van der Waals surface area contributed by atoms with E-state index in [9.17, 15) is 33.8 Å². The maximum absolute atomic E-state index is 11.8. The summed E-state index contributed by atoms with van der Waals surface area (Å²) in [6, 6.07) is 0.953. The smallest absolute Gasteiger partial charge is 0.387 e. The first-order valence-corrected chi connectivity index (χ1v) is 12.8. The first-order valence-electron chi connectivity index (χ1n) is 7.22. The number of phosphoric acid groups is 2. The van der Waals surface area contributed by atoms with Gasteiger partial charge in [-0.3, -0.25) is 14.3 Å². The molecule has 0 saturated carbocycles. The van der Waals surface area contributed by atoms with Crippen LogP contribution in [0.25, 0.3) is 0 Å². The van der Waals surface area contributed by atoms with Crippen LogP contribution in [0.15, 0.2) is 21.9 Å². The van der Waals surface area contributed by atoms with Crippen molar-refractivity contribution in [3.63, 3.8) is 0 Å². The quantitative estimate of drug-likeness (QED) is 0.184. The Morgan fingerprint density at radius 3 is 2.31 bits per heavy atom. The van der Waals surface area contributed by atoms with Gasteiger partial charge >= 0.3 is 28.1 Å². The first-order chi connectivity index (χ1) is 13.1. The van der Waals surface area contributed by atoms with Gasteiger partial charge in [0.2, 0.25) is 0 Å². The van der Waals surface area contributed by atoms with E-state index in [1.807, 2.05) is 4.98 Å². The highest BCUT2D eigenvalue weighted by molar-refractivity contribution is 8.08. The Bertz CT molecular complexity index is 1000. The molecule has 0 amide bonds. The van der Waals surface area contributed by atoms with Gasteiger partial charge in [0.25, 0.3) is 5.56 Å². The Labute approximate surface area is 165 Å². The Morgan fingerprint density at radius 2 is 1.76 bits per heavy atom. The lowest BCUT2D eigenvalue weighted by molar-refractivity contribution is -0.0527. The van der Waals surface area contributed by atoms with Crippen LogP contribution < -0.4 is 11.2 Å². The summed E-state index contributed by atoms with van der Waals surface area (Å²) in [6.45, 7) is -5.48. The molecule has 0 aromatic carbocycles. The number of ether oxygens (including phenoxy) is 1. The molecular weight excluding hydrogens is 485 g/mol. The van der Waals surface area contributed by atoms with Crippen LogP contribution >= 0.6 is 22.4 Å². The second-order valence-electron chi connectivity index (χ2n) is 5.45. The van der Waals surface area contributed by atoms with Gasteiger partial charge in [-0.1, -0.05) is 0 Å². The summed E-state index contributed by atoms with van der Waals surface area (Å²) in [6.07, 6.45) is -5.30. The summed E-state index contributed by atoms with van der Waals surface area (Å²) in [4.78, 5) is 60.7. The molecule has 166 valence electrons. The summed E-state index contributed by atoms with van der Waals surface area (Å²) in [5.74, 6) is 0. The Kier molecular flexibility index (Phi) is 7.54. The van der Waals surface area contributed by atoms with Gasteiger partial charge in [0, 0.05) is 12.3 Å². The maximum atomic E-state index is 11.8. The van der Waals surface area contributed by atoms with Gasteiger partial charge in [-0.25, -0.2) is 18.2 Å². The lowest BCUT2D eigenvalue weighted by Crippen LogP contribution is -2.37. The average molecular weight is 500 g/mol. The third-order valence-corrected chi connectivity index (χ3v) is 8.00. The van der Waals surface area contributed by atoms with Gasteiger partial charge < -0.3 is 39.0 Å². The minimum Gasteiger partial charge on any atom is -0.387 e. The predicted octanol–water partition coefficient (Wildman–Crippen LogP) is -2.38. The van der Waals surface area contributed by atoms with E-state index in [1.165, 1.54) is 0 Å². The van der Waals surface area contributed by atoms with Crippen molar-refractivity contribution in [1.29, 1.82) is 0 Å². The van der Waals surface area contributed by atoms with Crippen molar-refractivity contribution in [2.24, 2.45) is 0 Å². The number of aliphatic hydroxyl groups excluding tert-OH is 2. The molecule has 0 aliphatic carbocycles. The molecule has 20 heteroatoms. The number of rotatable bonds is 8. The number of aromatic amines is 1. The Morgan fingerprint density at radius 1 is 1.14 bits per heavy atom. The summed E-state index contributed by atoms with van der Waals surface area (Å²) >= 11 is 4.40. The molecule has 7 N–H and O–H groups in total. The molecule has 1 aliphatic rings. The summed E-state index contributed by atoms with van der Waals surface area (Å²) in [7, 11) is -11.0. The first kappa shape index (κ1) is 24.7. The molecule has 1 aromatic rings. The van der Waals surface area contributed by atoms with Crippen molar-refractivity contribution >= 4 is 34.2 Å². The van der Waals surface area contributed by atoms with Gasteiger partial charge in [-0.05, 0) is 11.8 Å². The molecule has 0 radical (unpaired) electrons. The van der Waals surface area contributed by atoms with Crippen LogP contribution in [0.5, 0.6) is 0 Å². The highest BCUT2D eigenvalue weighted by atomic mass is 32.5. The van der Waals surface area contributed by atoms with E-state index in [0.717, 1.165) is 16.8 Å². The molecule has 29 heavy (non-hydrogen) atoms. The molecule has 1 fully saturated rings. The van der Waals surface area contributed by atoms with Crippen LogP contribution in [-0.4, -0.2) is 64.3 Å². The van der Waals surface area contributed by atoms with E-state index >= 15 is 0 Å². The molecule has 3 unspecified atom stereocenters. The SMILES string of the molecule is O=c1ccn([C@@H]2O[C@H](COP(O)(=S)OP(=O)(O)OP(=O)(O)O)[C@H](O)C2O)c(=O)[nH]1. The van der Waals surface area contributed by atoms with E-state index in [4.69, 9.17) is 19.4 Å². The highest BCUT2D eigenvalue weighted by Crippen LogP contribution is 2.66. The molecule has 16 nitrogen and oxygen atoms in total. The summed E-state index contributed by atoms with van der Waals surface area (Å²) in [5.41, 5.74) is -1.68. The van der Waals surface area contributed by atoms with Crippen LogP contribution in [-0.2, 0) is 38.8 Å². The minimum absolute atomic E-state index is 0.719. The van der Waals surface area contributed by atoms with Gasteiger partial charge in [0.15, 0.2) is 6.23 Å². The number of nitrogens with zero attached hydrogens (tertiary/aromatic N) is 1. The van der Waals surface area contributed by atoms with Gasteiger partial charge in [0.05, 0.1) is 6.61 Å². The largest absolute Gasteiger partial charge is 0.488 e. The zero-order valence-electron chi connectivity index (χ0n) is 13.8. The van der Waals surface area contributed by atoms with Gasteiger partial charge in [-0.2, -0.15) is 4.31 Å². The number of aliphatic hydroxyl groups is 2. The zero-order valence-corrected chi connectivity index (χ0v) is 17.3. The molecule has 1 aromatic heterocycles. The third-order valence-electron chi connectivity index (χ3n) is 3.28. The minimum atomic E-state index is -5.52. The third kappa shape index (κ3) is 6.95. The molecular formula is C9H15N2O14P3S. The van der Waals surface area contributed by atoms with Crippen molar-refractivity contribution in [2.75, 3.05) is 6.61 Å². The average Bonchev–Trinajstić information content (AvgIpc) is 2.78. The van der Waals surface area contributed by atoms with Crippen LogP contribution in [0.3, 0.4) is 0 Å². The molecule has 2 heterocycles. The normalized spacial score (nSPS) is 29.3. The number of aromatic nitrogens is 2. The van der Waals surface area contributed by atoms with E-state index in [1.54, 1.807) is 0 Å². The van der Waals surface area contributed by atoms with Crippen molar-refractivity contribution in [3.05, 3.63) is 33.1 Å². The molecule has 1 saturated heterocycles. The fraction of sp³-hybridized carbons (Fsp3) is 0.556. The Hall–Kier alpha value is -0.610. The second-order valence-corrected chi connectivity index (χ2v) is 11.3. The second kappa shape index (κ2) is 8.86. The maximum Gasteiger partial charge on any atom is 0.488 e. The molecule has 0 spiro atoms. The van der Waals surface area contributed by atoms with Crippen molar-refractivity contribution < 1.29 is 56.8 Å². The number of hydrogen-bond donors (Lipinski definition) is 7.